The van der Waals surface area contributed by atoms with Crippen LogP contribution in [-0.2, 0) is 4.79 Å². The Morgan fingerprint density at radius 1 is 1.00 bits per heavy atom. The fourth-order valence-electron chi connectivity index (χ4n) is 2.81. The van der Waals surface area contributed by atoms with Gasteiger partial charge in [-0.1, -0.05) is 60.7 Å². The highest BCUT2D eigenvalue weighted by atomic mass is 19.3. The number of rotatable bonds is 3. The molecule has 0 radical (unpaired) electrons. The number of hydrogen-bond acceptors (Lipinski definition) is 1. The largest absolute Gasteiger partial charge is 0.348 e. The van der Waals surface area contributed by atoms with E-state index in [2.05, 4.69) is 0 Å². The summed E-state index contributed by atoms with van der Waals surface area (Å²) in [5.41, 5.74) is 1.31. The van der Waals surface area contributed by atoms with Crippen LogP contribution < -0.4 is 0 Å². The minimum atomic E-state index is -3.33. The van der Waals surface area contributed by atoms with Gasteiger partial charge in [0, 0.05) is 0 Å². The number of hydrogen-bond donors (Lipinski definition) is 0. The Hall–Kier alpha value is -2.23. The molecule has 2 nitrogen and oxygen atoms in total. The molecule has 21 heavy (non-hydrogen) atoms. The van der Waals surface area contributed by atoms with Gasteiger partial charge in [-0.15, -0.1) is 0 Å². The maximum Gasteiger partial charge on any atom is 0.348 e. The molecule has 1 aliphatic heterocycles. The molecular weight excluding hydrogens is 272 g/mol. The zero-order valence-corrected chi connectivity index (χ0v) is 11.5. The van der Waals surface area contributed by atoms with Crippen LogP contribution >= 0.6 is 0 Å². The van der Waals surface area contributed by atoms with Gasteiger partial charge in [0.2, 0.25) is 0 Å². The van der Waals surface area contributed by atoms with E-state index in [1.807, 2.05) is 30.3 Å². The Kier molecular flexibility index (Phi) is 3.24. The molecule has 1 amide bonds. The van der Waals surface area contributed by atoms with Gasteiger partial charge in [0.15, 0.2) is 0 Å². The topological polar surface area (TPSA) is 20.3 Å². The Labute approximate surface area is 122 Å². The Balaban J connectivity index is 1.96. The van der Waals surface area contributed by atoms with Crippen molar-refractivity contribution in [2.75, 3.05) is 0 Å². The Bertz CT molecular complexity index is 642. The number of likely N-dealkylation sites (tertiary alicyclic amines) is 1. The molecule has 1 unspecified atom stereocenters. The Morgan fingerprint density at radius 2 is 1.52 bits per heavy atom. The molecule has 1 heterocycles. The monoisotopic (exact) mass is 287 g/mol. The van der Waals surface area contributed by atoms with Crippen LogP contribution in [0.25, 0.3) is 0 Å². The molecule has 1 aliphatic rings. The molecule has 4 heteroatoms. The number of carbonyl (C=O) groups is 1. The molecule has 3 rings (SSSR count). The van der Waals surface area contributed by atoms with Crippen molar-refractivity contribution in [2.45, 2.75) is 24.9 Å². The van der Waals surface area contributed by atoms with Crippen LogP contribution in [-0.4, -0.2) is 16.7 Å². The van der Waals surface area contributed by atoms with E-state index in [0.717, 1.165) is 5.56 Å². The lowest BCUT2D eigenvalue weighted by molar-refractivity contribution is -0.212. The highest BCUT2D eigenvalue weighted by molar-refractivity contribution is 5.92. The number of β-lactam (4-membered cyclic amide) rings is 1. The second-order valence-corrected chi connectivity index (χ2v) is 5.24. The first-order valence-corrected chi connectivity index (χ1v) is 6.84. The normalized spacial score (nSPS) is 21.8. The molecule has 0 aromatic heterocycles. The molecule has 108 valence electrons. The van der Waals surface area contributed by atoms with E-state index < -0.39 is 17.9 Å². The van der Waals surface area contributed by atoms with Gasteiger partial charge in [0.25, 0.3) is 5.91 Å². The van der Waals surface area contributed by atoms with Gasteiger partial charge in [-0.2, -0.15) is 8.78 Å². The number of nitrogens with zero attached hydrogens (tertiary/aromatic N) is 1. The summed E-state index contributed by atoms with van der Waals surface area (Å²) in [5.74, 6) is -4.43. The summed E-state index contributed by atoms with van der Waals surface area (Å²) < 4.78 is 28.0. The van der Waals surface area contributed by atoms with Crippen LogP contribution in [0, 0.1) is 0 Å². The first-order valence-electron chi connectivity index (χ1n) is 6.84. The SMILES string of the molecule is C[C@H](c1ccccc1)N1C(=O)C(F)(F)C1c1ccccc1. The van der Waals surface area contributed by atoms with E-state index in [1.165, 1.54) is 4.90 Å². The summed E-state index contributed by atoms with van der Waals surface area (Å²) in [4.78, 5) is 13.1. The maximum atomic E-state index is 14.0. The molecule has 0 spiro atoms. The van der Waals surface area contributed by atoms with Gasteiger partial charge in [0.1, 0.15) is 6.04 Å². The molecule has 2 atom stereocenters. The number of carbonyl (C=O) groups excluding carboxylic acids is 1. The van der Waals surface area contributed by atoms with Crippen LogP contribution in [0.5, 0.6) is 0 Å². The van der Waals surface area contributed by atoms with Crippen LogP contribution in [0.1, 0.15) is 30.1 Å². The van der Waals surface area contributed by atoms with Crippen molar-refractivity contribution in [1.82, 2.24) is 4.90 Å². The quantitative estimate of drug-likeness (QED) is 0.782. The first-order chi connectivity index (χ1) is 10.0. The maximum absolute atomic E-state index is 14.0. The first kappa shape index (κ1) is 13.7. The minimum absolute atomic E-state index is 0.386. The molecule has 0 saturated carbocycles. The Morgan fingerprint density at radius 3 is 2.10 bits per heavy atom. The average Bonchev–Trinajstić information content (AvgIpc) is 2.52. The summed E-state index contributed by atoms with van der Waals surface area (Å²) in [7, 11) is 0. The van der Waals surface area contributed by atoms with Gasteiger partial charge in [-0.25, -0.2) is 0 Å². The second-order valence-electron chi connectivity index (χ2n) is 5.24. The smallest absolute Gasteiger partial charge is 0.317 e. The van der Waals surface area contributed by atoms with Gasteiger partial charge in [-0.3, -0.25) is 4.79 Å². The van der Waals surface area contributed by atoms with Crippen molar-refractivity contribution < 1.29 is 13.6 Å². The van der Waals surface area contributed by atoms with Crippen LogP contribution in [0.4, 0.5) is 8.78 Å². The van der Waals surface area contributed by atoms with Gasteiger partial charge in [0.05, 0.1) is 6.04 Å². The zero-order valence-electron chi connectivity index (χ0n) is 11.5. The predicted molar refractivity (Wildman–Crippen MR) is 75.8 cm³/mol. The van der Waals surface area contributed by atoms with Crippen molar-refractivity contribution in [3.63, 3.8) is 0 Å². The van der Waals surface area contributed by atoms with Crippen molar-refractivity contribution in [1.29, 1.82) is 0 Å². The van der Waals surface area contributed by atoms with Crippen LogP contribution in [0.3, 0.4) is 0 Å². The van der Waals surface area contributed by atoms with E-state index in [0.29, 0.717) is 5.56 Å². The highest BCUT2D eigenvalue weighted by Gasteiger charge is 2.65. The van der Waals surface area contributed by atoms with Crippen LogP contribution in [0.2, 0.25) is 0 Å². The molecule has 0 N–H and O–H groups in total. The fourth-order valence-corrected chi connectivity index (χ4v) is 2.81. The number of halogens is 2. The summed E-state index contributed by atoms with van der Waals surface area (Å²) in [6.07, 6.45) is 0. The standard InChI is InChI=1S/C17H15F2NO/c1-12(13-8-4-2-5-9-13)20-15(17(18,19)16(20)21)14-10-6-3-7-11-14/h2-12,15H,1H3/t12-,15?/m1/s1. The molecule has 0 aliphatic carbocycles. The zero-order chi connectivity index (χ0) is 15.0. The minimum Gasteiger partial charge on any atom is -0.317 e. The third kappa shape index (κ3) is 2.11. The summed E-state index contributed by atoms with van der Waals surface area (Å²) in [6, 6.07) is 16.1. The molecular formula is C17H15F2NO. The third-order valence-electron chi connectivity index (χ3n) is 3.96. The van der Waals surface area contributed by atoms with E-state index in [4.69, 9.17) is 0 Å². The van der Waals surface area contributed by atoms with E-state index in [1.54, 1.807) is 37.3 Å². The highest BCUT2D eigenvalue weighted by Crippen LogP contribution is 2.51. The average molecular weight is 287 g/mol. The number of alkyl halides is 2. The van der Waals surface area contributed by atoms with Crippen molar-refractivity contribution in [2.24, 2.45) is 0 Å². The van der Waals surface area contributed by atoms with E-state index in [9.17, 15) is 13.6 Å². The third-order valence-corrected chi connectivity index (χ3v) is 3.96. The molecule has 2 aromatic carbocycles. The van der Waals surface area contributed by atoms with E-state index >= 15 is 0 Å². The van der Waals surface area contributed by atoms with Crippen molar-refractivity contribution in [3.05, 3.63) is 71.8 Å². The number of amides is 1. The molecule has 1 saturated heterocycles. The van der Waals surface area contributed by atoms with Crippen molar-refractivity contribution >= 4 is 5.91 Å². The lowest BCUT2D eigenvalue weighted by atomic mass is 9.86. The second kappa shape index (κ2) is 4.95. The van der Waals surface area contributed by atoms with E-state index in [-0.39, 0.29) is 6.04 Å². The van der Waals surface area contributed by atoms with Gasteiger partial charge < -0.3 is 4.90 Å². The summed E-state index contributed by atoms with van der Waals surface area (Å²) in [5, 5.41) is 0. The lowest BCUT2D eigenvalue weighted by Gasteiger charge is -2.49. The molecule has 2 aromatic rings. The number of benzene rings is 2. The molecule has 0 bridgehead atoms. The summed E-state index contributed by atoms with van der Waals surface area (Å²) in [6.45, 7) is 1.78. The van der Waals surface area contributed by atoms with Gasteiger partial charge >= 0.3 is 5.92 Å². The molecule has 1 fully saturated rings. The van der Waals surface area contributed by atoms with Crippen LogP contribution in [0.15, 0.2) is 60.7 Å². The lowest BCUT2D eigenvalue weighted by Crippen LogP contribution is -2.64. The van der Waals surface area contributed by atoms with Crippen molar-refractivity contribution in [3.8, 4) is 0 Å². The summed E-state index contributed by atoms with van der Waals surface area (Å²) >= 11 is 0. The predicted octanol–water partition coefficient (Wildman–Crippen LogP) is 3.97. The fraction of sp³-hybridized carbons (Fsp3) is 0.235. The van der Waals surface area contributed by atoms with Gasteiger partial charge in [-0.05, 0) is 18.1 Å².